The molecule has 1 saturated carbocycles. The van der Waals surface area contributed by atoms with E-state index in [0.717, 1.165) is 29.9 Å². The molecule has 4 nitrogen and oxygen atoms in total. The molecular formula is C20H23F2N3O. The number of nitrogens with zero attached hydrogens (tertiary/aromatic N) is 2. The van der Waals surface area contributed by atoms with E-state index in [9.17, 15) is 13.6 Å². The Labute approximate surface area is 151 Å². The number of rotatable bonds is 3. The molecule has 1 aliphatic heterocycles. The number of H-pyrrole nitrogens is 1. The molecule has 0 amide bonds. The first-order chi connectivity index (χ1) is 12.6. The van der Waals surface area contributed by atoms with Crippen molar-refractivity contribution >= 4 is 0 Å². The minimum absolute atomic E-state index is 0.0488. The van der Waals surface area contributed by atoms with Gasteiger partial charge in [-0.1, -0.05) is 25.3 Å². The summed E-state index contributed by atoms with van der Waals surface area (Å²) in [5.74, 6) is 0.0450. The van der Waals surface area contributed by atoms with Gasteiger partial charge in [0.25, 0.3) is 5.56 Å². The summed E-state index contributed by atoms with van der Waals surface area (Å²) in [7, 11) is 0. The number of halogens is 2. The van der Waals surface area contributed by atoms with E-state index >= 15 is 0 Å². The number of nitrogens with one attached hydrogen (secondary N) is 1. The average Bonchev–Trinajstić information content (AvgIpc) is 2.65. The zero-order valence-corrected chi connectivity index (χ0v) is 14.7. The van der Waals surface area contributed by atoms with E-state index < -0.39 is 11.6 Å². The first-order valence-electron chi connectivity index (χ1n) is 9.39. The molecule has 1 aromatic heterocycles. The van der Waals surface area contributed by atoms with Gasteiger partial charge in [0.15, 0.2) is 0 Å². The topological polar surface area (TPSA) is 49.0 Å². The van der Waals surface area contributed by atoms with Crippen LogP contribution in [-0.2, 0) is 19.5 Å². The van der Waals surface area contributed by atoms with E-state index in [2.05, 4.69) is 4.98 Å². The van der Waals surface area contributed by atoms with Gasteiger partial charge in [-0.3, -0.25) is 9.69 Å². The molecule has 138 valence electrons. The second-order valence-corrected chi connectivity index (χ2v) is 7.37. The molecule has 0 unspecified atom stereocenters. The Morgan fingerprint density at radius 1 is 1.15 bits per heavy atom. The molecule has 0 saturated heterocycles. The molecule has 2 aliphatic rings. The summed E-state index contributed by atoms with van der Waals surface area (Å²) in [5.41, 5.74) is 1.51. The molecule has 1 N–H and O–H groups in total. The Kier molecular flexibility index (Phi) is 4.85. The van der Waals surface area contributed by atoms with Gasteiger partial charge in [0.05, 0.1) is 5.69 Å². The van der Waals surface area contributed by atoms with Crippen LogP contribution >= 0.6 is 0 Å². The third kappa shape index (κ3) is 3.43. The van der Waals surface area contributed by atoms with Crippen LogP contribution < -0.4 is 5.56 Å². The zero-order chi connectivity index (χ0) is 18.1. The fourth-order valence-corrected chi connectivity index (χ4v) is 4.12. The second kappa shape index (κ2) is 7.27. The SMILES string of the molecule is O=c1[nH]c(C2CCCCC2)nc2c1CCN(Cc1c(F)cccc1F)C2. The first kappa shape index (κ1) is 17.3. The van der Waals surface area contributed by atoms with E-state index in [4.69, 9.17) is 4.98 Å². The van der Waals surface area contributed by atoms with Gasteiger partial charge in [-0.05, 0) is 31.4 Å². The van der Waals surface area contributed by atoms with Crippen LogP contribution in [0.2, 0.25) is 0 Å². The lowest BCUT2D eigenvalue weighted by Crippen LogP contribution is -2.36. The highest BCUT2D eigenvalue weighted by Gasteiger charge is 2.25. The van der Waals surface area contributed by atoms with Crippen LogP contribution in [0.4, 0.5) is 8.78 Å². The van der Waals surface area contributed by atoms with E-state index in [1.54, 1.807) is 0 Å². The lowest BCUT2D eigenvalue weighted by Gasteiger charge is -2.29. The van der Waals surface area contributed by atoms with Gasteiger partial charge < -0.3 is 4.98 Å². The smallest absolute Gasteiger partial charge is 0.254 e. The van der Waals surface area contributed by atoms with Gasteiger partial charge in [0.1, 0.15) is 17.5 Å². The number of aromatic nitrogens is 2. The van der Waals surface area contributed by atoms with Crippen LogP contribution in [0, 0.1) is 11.6 Å². The third-order valence-corrected chi connectivity index (χ3v) is 5.61. The number of hydrogen-bond acceptors (Lipinski definition) is 3. The fraction of sp³-hybridized carbons (Fsp3) is 0.500. The maximum Gasteiger partial charge on any atom is 0.254 e. The molecule has 1 aromatic carbocycles. The fourth-order valence-electron chi connectivity index (χ4n) is 4.12. The zero-order valence-electron chi connectivity index (χ0n) is 14.7. The molecule has 1 aliphatic carbocycles. The molecule has 2 aromatic rings. The number of benzene rings is 1. The maximum atomic E-state index is 13.9. The van der Waals surface area contributed by atoms with Crippen LogP contribution in [0.15, 0.2) is 23.0 Å². The Morgan fingerprint density at radius 2 is 1.88 bits per heavy atom. The lowest BCUT2D eigenvalue weighted by molar-refractivity contribution is 0.232. The van der Waals surface area contributed by atoms with Crippen LogP contribution in [0.5, 0.6) is 0 Å². The largest absolute Gasteiger partial charge is 0.310 e. The standard InChI is InChI=1S/C20H23F2N3O/c21-16-7-4-8-17(22)15(16)11-25-10-9-14-18(12-25)23-19(24-20(14)26)13-5-2-1-3-6-13/h4,7-8,13H,1-3,5-6,9-12H2,(H,23,24,26). The minimum atomic E-state index is -0.530. The summed E-state index contributed by atoms with van der Waals surface area (Å²) in [5, 5.41) is 0. The molecule has 2 heterocycles. The van der Waals surface area contributed by atoms with Crippen molar-refractivity contribution in [3.8, 4) is 0 Å². The summed E-state index contributed by atoms with van der Waals surface area (Å²) in [4.78, 5) is 22.2. The van der Waals surface area contributed by atoms with Gasteiger partial charge >= 0.3 is 0 Å². The molecule has 0 radical (unpaired) electrons. The first-order valence-corrected chi connectivity index (χ1v) is 9.39. The Hall–Kier alpha value is -2.08. The van der Waals surface area contributed by atoms with Crippen molar-refractivity contribution in [2.75, 3.05) is 6.54 Å². The minimum Gasteiger partial charge on any atom is -0.310 e. The van der Waals surface area contributed by atoms with Crippen molar-refractivity contribution in [2.24, 2.45) is 0 Å². The van der Waals surface area contributed by atoms with E-state index in [-0.39, 0.29) is 17.7 Å². The molecule has 26 heavy (non-hydrogen) atoms. The van der Waals surface area contributed by atoms with Gasteiger partial charge in [-0.15, -0.1) is 0 Å². The van der Waals surface area contributed by atoms with Crippen molar-refractivity contribution in [1.82, 2.24) is 14.9 Å². The van der Waals surface area contributed by atoms with Crippen LogP contribution in [0.1, 0.15) is 60.7 Å². The quantitative estimate of drug-likeness (QED) is 0.910. The van der Waals surface area contributed by atoms with Crippen molar-refractivity contribution in [3.05, 3.63) is 62.8 Å². The highest BCUT2D eigenvalue weighted by atomic mass is 19.1. The molecule has 0 atom stereocenters. The molecular weight excluding hydrogens is 336 g/mol. The van der Waals surface area contributed by atoms with E-state index in [0.29, 0.717) is 25.4 Å². The number of fused-ring (bicyclic) bond motifs is 1. The van der Waals surface area contributed by atoms with E-state index in [1.165, 1.54) is 37.5 Å². The highest BCUT2D eigenvalue weighted by molar-refractivity contribution is 5.24. The molecule has 4 rings (SSSR count). The van der Waals surface area contributed by atoms with Crippen molar-refractivity contribution < 1.29 is 8.78 Å². The highest BCUT2D eigenvalue weighted by Crippen LogP contribution is 2.31. The average molecular weight is 359 g/mol. The molecule has 6 heteroatoms. The summed E-state index contributed by atoms with van der Waals surface area (Å²) in [6.45, 7) is 1.23. The van der Waals surface area contributed by atoms with Gasteiger partial charge in [0, 0.05) is 36.7 Å². The Bertz CT molecular complexity index is 838. The summed E-state index contributed by atoms with van der Waals surface area (Å²) >= 11 is 0. The monoisotopic (exact) mass is 359 g/mol. The number of aromatic amines is 1. The predicted octanol–water partition coefficient (Wildman–Crippen LogP) is 3.65. The summed E-state index contributed by atoms with van der Waals surface area (Å²) < 4.78 is 27.9. The molecule has 0 spiro atoms. The van der Waals surface area contributed by atoms with Crippen molar-refractivity contribution in [3.63, 3.8) is 0 Å². The second-order valence-electron chi connectivity index (χ2n) is 7.37. The van der Waals surface area contributed by atoms with Crippen molar-refractivity contribution in [2.45, 2.75) is 57.5 Å². The lowest BCUT2D eigenvalue weighted by atomic mass is 9.88. The Balaban J connectivity index is 1.57. The summed E-state index contributed by atoms with van der Waals surface area (Å²) in [6.07, 6.45) is 6.26. The van der Waals surface area contributed by atoms with Gasteiger partial charge in [0.2, 0.25) is 0 Å². The van der Waals surface area contributed by atoms with E-state index in [1.807, 2.05) is 4.90 Å². The third-order valence-electron chi connectivity index (χ3n) is 5.61. The molecule has 0 bridgehead atoms. The maximum absolute atomic E-state index is 13.9. The summed E-state index contributed by atoms with van der Waals surface area (Å²) in [6, 6.07) is 3.93. The van der Waals surface area contributed by atoms with Crippen LogP contribution in [0.3, 0.4) is 0 Å². The van der Waals surface area contributed by atoms with Crippen molar-refractivity contribution in [1.29, 1.82) is 0 Å². The normalized spacial score (nSPS) is 18.7. The van der Waals surface area contributed by atoms with Gasteiger partial charge in [-0.2, -0.15) is 0 Å². The number of hydrogen-bond donors (Lipinski definition) is 1. The predicted molar refractivity (Wildman–Crippen MR) is 94.9 cm³/mol. The van der Waals surface area contributed by atoms with Gasteiger partial charge in [-0.25, -0.2) is 13.8 Å². The molecule has 1 fully saturated rings. The van der Waals surface area contributed by atoms with Crippen LogP contribution in [-0.4, -0.2) is 21.4 Å². The Morgan fingerprint density at radius 3 is 2.62 bits per heavy atom. The van der Waals surface area contributed by atoms with Crippen LogP contribution in [0.25, 0.3) is 0 Å².